The van der Waals surface area contributed by atoms with E-state index in [0.717, 1.165) is 29.7 Å². The second kappa shape index (κ2) is 9.60. The first-order valence-corrected chi connectivity index (χ1v) is 9.86. The van der Waals surface area contributed by atoms with E-state index in [1.165, 1.54) is 5.56 Å². The van der Waals surface area contributed by atoms with Crippen molar-refractivity contribution in [3.63, 3.8) is 0 Å². The number of nitrogens with zero attached hydrogens (tertiary/aromatic N) is 1. The molecule has 150 valence electrons. The SMILES string of the molecule is CCOCCCC(=O)N1CCc2cc(OC)c(OC)cc2C1c1ccccc1. The highest BCUT2D eigenvalue weighted by molar-refractivity contribution is 5.78. The third kappa shape index (κ3) is 4.30. The van der Waals surface area contributed by atoms with Crippen LogP contribution in [-0.4, -0.2) is 44.8 Å². The molecule has 2 aromatic rings. The molecule has 0 N–H and O–H groups in total. The monoisotopic (exact) mass is 383 g/mol. The van der Waals surface area contributed by atoms with Crippen LogP contribution < -0.4 is 9.47 Å². The number of amides is 1. The normalized spacial score (nSPS) is 15.8. The highest BCUT2D eigenvalue weighted by Crippen LogP contribution is 2.41. The molecule has 1 aliphatic heterocycles. The van der Waals surface area contributed by atoms with Gasteiger partial charge in [0, 0.05) is 26.2 Å². The summed E-state index contributed by atoms with van der Waals surface area (Å²) < 4.78 is 16.4. The summed E-state index contributed by atoms with van der Waals surface area (Å²) in [4.78, 5) is 15.0. The molecule has 0 fully saturated rings. The maximum atomic E-state index is 13.0. The van der Waals surface area contributed by atoms with Crippen LogP contribution in [0.1, 0.15) is 42.5 Å². The van der Waals surface area contributed by atoms with E-state index in [0.29, 0.717) is 31.9 Å². The van der Waals surface area contributed by atoms with E-state index >= 15 is 0 Å². The molecule has 1 atom stereocenters. The van der Waals surface area contributed by atoms with Crippen LogP contribution in [0.5, 0.6) is 11.5 Å². The number of hydrogen-bond donors (Lipinski definition) is 0. The van der Waals surface area contributed by atoms with Crippen molar-refractivity contribution in [2.45, 2.75) is 32.2 Å². The van der Waals surface area contributed by atoms with Crippen LogP contribution in [0.3, 0.4) is 0 Å². The van der Waals surface area contributed by atoms with E-state index in [1.807, 2.05) is 42.2 Å². The number of fused-ring (bicyclic) bond motifs is 1. The average Bonchev–Trinajstić information content (AvgIpc) is 2.75. The van der Waals surface area contributed by atoms with E-state index in [4.69, 9.17) is 14.2 Å². The molecular weight excluding hydrogens is 354 g/mol. The number of carbonyl (C=O) groups is 1. The van der Waals surface area contributed by atoms with Crippen LogP contribution in [0.25, 0.3) is 0 Å². The standard InChI is InChI=1S/C23H29NO4/c1-4-28-14-8-11-22(25)24-13-12-18-15-20(26-2)21(27-3)16-19(18)23(24)17-9-6-5-7-10-17/h5-7,9-10,15-16,23H,4,8,11-14H2,1-3H3. The van der Waals surface area contributed by atoms with Crippen LogP contribution in [0.2, 0.25) is 0 Å². The van der Waals surface area contributed by atoms with E-state index < -0.39 is 0 Å². The Morgan fingerprint density at radius 1 is 1.11 bits per heavy atom. The molecule has 5 heteroatoms. The number of methoxy groups -OCH3 is 2. The van der Waals surface area contributed by atoms with Gasteiger partial charge in [-0.2, -0.15) is 0 Å². The zero-order valence-electron chi connectivity index (χ0n) is 16.9. The summed E-state index contributed by atoms with van der Waals surface area (Å²) in [5.41, 5.74) is 3.41. The molecule has 0 aromatic heterocycles. The molecule has 0 bridgehead atoms. The van der Waals surface area contributed by atoms with Gasteiger partial charge in [0.1, 0.15) is 0 Å². The van der Waals surface area contributed by atoms with Gasteiger partial charge in [-0.3, -0.25) is 4.79 Å². The summed E-state index contributed by atoms with van der Waals surface area (Å²) >= 11 is 0. The van der Waals surface area contributed by atoms with Crippen molar-refractivity contribution >= 4 is 5.91 Å². The van der Waals surface area contributed by atoms with Gasteiger partial charge in [-0.05, 0) is 48.6 Å². The van der Waals surface area contributed by atoms with Gasteiger partial charge in [0.2, 0.25) is 5.91 Å². The lowest BCUT2D eigenvalue weighted by Crippen LogP contribution is -2.40. The first kappa shape index (κ1) is 20.2. The number of ether oxygens (including phenoxy) is 3. The highest BCUT2D eigenvalue weighted by atomic mass is 16.5. The van der Waals surface area contributed by atoms with Crippen LogP contribution in [0.4, 0.5) is 0 Å². The first-order valence-electron chi connectivity index (χ1n) is 9.86. The quantitative estimate of drug-likeness (QED) is 0.647. The minimum Gasteiger partial charge on any atom is -0.493 e. The minimum absolute atomic E-state index is 0.121. The molecule has 1 aliphatic rings. The molecule has 2 aromatic carbocycles. The molecular formula is C23H29NO4. The van der Waals surface area contributed by atoms with Crippen LogP contribution in [0, 0.1) is 0 Å². The number of benzene rings is 2. The Bertz CT molecular complexity index is 791. The Labute approximate surface area is 167 Å². The van der Waals surface area contributed by atoms with Crippen molar-refractivity contribution in [3.05, 3.63) is 59.2 Å². The zero-order chi connectivity index (χ0) is 19.9. The maximum absolute atomic E-state index is 13.0. The van der Waals surface area contributed by atoms with Gasteiger partial charge in [-0.15, -0.1) is 0 Å². The molecule has 28 heavy (non-hydrogen) atoms. The Hall–Kier alpha value is -2.53. The molecule has 0 aliphatic carbocycles. The number of carbonyl (C=O) groups excluding carboxylic acids is 1. The third-order valence-electron chi connectivity index (χ3n) is 5.19. The second-order valence-corrected chi connectivity index (χ2v) is 6.86. The lowest BCUT2D eigenvalue weighted by atomic mass is 9.87. The second-order valence-electron chi connectivity index (χ2n) is 6.86. The molecule has 5 nitrogen and oxygen atoms in total. The molecule has 0 spiro atoms. The van der Waals surface area contributed by atoms with Gasteiger partial charge in [0.25, 0.3) is 0 Å². The molecule has 1 amide bonds. The van der Waals surface area contributed by atoms with Gasteiger partial charge < -0.3 is 19.1 Å². The number of hydrogen-bond acceptors (Lipinski definition) is 4. The van der Waals surface area contributed by atoms with Gasteiger partial charge >= 0.3 is 0 Å². The Morgan fingerprint density at radius 3 is 2.50 bits per heavy atom. The largest absolute Gasteiger partial charge is 0.493 e. The van der Waals surface area contributed by atoms with Crippen molar-refractivity contribution in [1.29, 1.82) is 0 Å². The van der Waals surface area contributed by atoms with Crippen molar-refractivity contribution in [2.24, 2.45) is 0 Å². The van der Waals surface area contributed by atoms with Gasteiger partial charge in [-0.25, -0.2) is 0 Å². The molecule has 1 heterocycles. The molecule has 0 radical (unpaired) electrons. The Balaban J connectivity index is 1.95. The van der Waals surface area contributed by atoms with Gasteiger partial charge in [0.15, 0.2) is 11.5 Å². The summed E-state index contributed by atoms with van der Waals surface area (Å²) in [5, 5.41) is 0. The lowest BCUT2D eigenvalue weighted by molar-refractivity contribution is -0.133. The highest BCUT2D eigenvalue weighted by Gasteiger charge is 2.32. The van der Waals surface area contributed by atoms with Crippen molar-refractivity contribution in [1.82, 2.24) is 4.90 Å². The van der Waals surface area contributed by atoms with Gasteiger partial charge in [0.05, 0.1) is 20.3 Å². The molecule has 0 saturated carbocycles. The van der Waals surface area contributed by atoms with Crippen molar-refractivity contribution in [2.75, 3.05) is 34.0 Å². The Morgan fingerprint density at radius 2 is 1.82 bits per heavy atom. The topological polar surface area (TPSA) is 48.0 Å². The van der Waals surface area contributed by atoms with Crippen molar-refractivity contribution < 1.29 is 19.0 Å². The van der Waals surface area contributed by atoms with E-state index in [9.17, 15) is 4.79 Å². The summed E-state index contributed by atoms with van der Waals surface area (Å²) in [6, 6.07) is 14.1. The van der Waals surface area contributed by atoms with Crippen molar-refractivity contribution in [3.8, 4) is 11.5 Å². The predicted octanol–water partition coefficient (Wildman–Crippen LogP) is 3.99. The summed E-state index contributed by atoms with van der Waals surface area (Å²) in [6.07, 6.45) is 2.03. The van der Waals surface area contributed by atoms with E-state index in [1.54, 1.807) is 14.2 Å². The molecule has 3 rings (SSSR count). The fraction of sp³-hybridized carbons (Fsp3) is 0.435. The van der Waals surface area contributed by atoms with E-state index in [-0.39, 0.29) is 11.9 Å². The average molecular weight is 383 g/mol. The molecule has 1 unspecified atom stereocenters. The number of rotatable bonds is 8. The summed E-state index contributed by atoms with van der Waals surface area (Å²) in [7, 11) is 3.29. The Kier molecular flexibility index (Phi) is 6.93. The van der Waals surface area contributed by atoms with E-state index in [2.05, 4.69) is 12.1 Å². The maximum Gasteiger partial charge on any atom is 0.223 e. The fourth-order valence-electron chi connectivity index (χ4n) is 3.82. The predicted molar refractivity (Wildman–Crippen MR) is 109 cm³/mol. The van der Waals surface area contributed by atoms with Crippen LogP contribution in [0.15, 0.2) is 42.5 Å². The zero-order valence-corrected chi connectivity index (χ0v) is 16.9. The van der Waals surface area contributed by atoms with Gasteiger partial charge in [-0.1, -0.05) is 30.3 Å². The smallest absolute Gasteiger partial charge is 0.223 e. The van der Waals surface area contributed by atoms with Crippen LogP contribution in [-0.2, 0) is 16.0 Å². The first-order chi connectivity index (χ1) is 13.7. The lowest BCUT2D eigenvalue weighted by Gasteiger charge is -2.38. The summed E-state index contributed by atoms with van der Waals surface area (Å²) in [6.45, 7) is 3.96. The minimum atomic E-state index is -0.121. The van der Waals surface area contributed by atoms with Crippen LogP contribution >= 0.6 is 0 Å². The summed E-state index contributed by atoms with van der Waals surface area (Å²) in [5.74, 6) is 1.58. The third-order valence-corrected chi connectivity index (χ3v) is 5.19. The molecule has 0 saturated heterocycles. The fourth-order valence-corrected chi connectivity index (χ4v) is 3.82.